The normalized spacial score (nSPS) is 17.7. The van der Waals surface area contributed by atoms with Crippen LogP contribution in [0, 0.1) is 12.3 Å². The van der Waals surface area contributed by atoms with Gasteiger partial charge in [-0.05, 0) is 150 Å². The van der Waals surface area contributed by atoms with Gasteiger partial charge in [0.25, 0.3) is 0 Å². The summed E-state index contributed by atoms with van der Waals surface area (Å²) in [5, 5.41) is 0. The molecule has 0 spiro atoms. The third-order valence-corrected chi connectivity index (χ3v) is 26.1. The Morgan fingerprint density at radius 3 is 0.836 bits per heavy atom. The molecule has 0 fully saturated rings. The van der Waals surface area contributed by atoms with Crippen LogP contribution < -0.4 is 0 Å². The SMILES string of the molecule is C#Cc1ccc(C2(O[Si](CC)(CC)CC)C=CC(O[Si](CC)(CC)CC)(c3ccc(-c4ccc(C(c5ccc(C(C)(C)C)cc5)(c5ccc(C(C)(C)C)cc5)c5ccc(C(C)(C)C)cc5)cc4)cc3)C=C2)cc1. The minimum atomic E-state index is -2.15. The average Bonchev–Trinajstić information content (AvgIpc) is 3.40. The van der Waals surface area contributed by atoms with Crippen molar-refractivity contribution >= 4 is 16.6 Å². The van der Waals surface area contributed by atoms with Crippen molar-refractivity contribution in [1.29, 1.82) is 0 Å². The van der Waals surface area contributed by atoms with E-state index in [9.17, 15) is 0 Å². The van der Waals surface area contributed by atoms with Crippen molar-refractivity contribution in [3.8, 4) is 23.5 Å². The molecule has 0 heterocycles. The van der Waals surface area contributed by atoms with Crippen LogP contribution in [0.3, 0.4) is 0 Å². The van der Waals surface area contributed by atoms with Crippen molar-refractivity contribution in [3.05, 3.63) is 226 Å². The van der Waals surface area contributed by atoms with Gasteiger partial charge in [0.05, 0.1) is 5.41 Å². The van der Waals surface area contributed by atoms with Gasteiger partial charge in [-0.3, -0.25) is 0 Å². The zero-order valence-corrected chi connectivity index (χ0v) is 49.3. The molecule has 0 bridgehead atoms. The van der Waals surface area contributed by atoms with E-state index in [2.05, 4.69) is 268 Å². The van der Waals surface area contributed by atoms with Crippen LogP contribution in [0.1, 0.15) is 159 Å². The van der Waals surface area contributed by atoms with Crippen LogP contribution in [0.4, 0.5) is 0 Å². The summed E-state index contributed by atoms with van der Waals surface area (Å²) in [6.45, 7) is 34.5. The largest absolute Gasteiger partial charge is 0.401 e. The molecule has 382 valence electrons. The minimum absolute atomic E-state index is 0.0323. The lowest BCUT2D eigenvalue weighted by Gasteiger charge is -2.46. The van der Waals surface area contributed by atoms with E-state index >= 15 is 0 Å². The lowest BCUT2D eigenvalue weighted by Crippen LogP contribution is -2.48. The van der Waals surface area contributed by atoms with Gasteiger partial charge >= 0.3 is 0 Å². The molecule has 73 heavy (non-hydrogen) atoms. The van der Waals surface area contributed by atoms with E-state index in [0.717, 1.165) is 53.0 Å². The van der Waals surface area contributed by atoms with E-state index in [4.69, 9.17) is 15.3 Å². The van der Waals surface area contributed by atoms with Crippen LogP contribution in [-0.4, -0.2) is 16.6 Å². The van der Waals surface area contributed by atoms with Crippen LogP contribution in [0.5, 0.6) is 0 Å². The summed E-state index contributed by atoms with van der Waals surface area (Å²) in [6.07, 6.45) is 15.1. The van der Waals surface area contributed by atoms with E-state index in [-0.39, 0.29) is 16.2 Å². The Kier molecular flexibility index (Phi) is 16.3. The molecule has 0 amide bonds. The van der Waals surface area contributed by atoms with Crippen molar-refractivity contribution in [2.45, 2.75) is 173 Å². The van der Waals surface area contributed by atoms with Crippen molar-refractivity contribution in [2.75, 3.05) is 0 Å². The predicted molar refractivity (Wildman–Crippen MR) is 319 cm³/mol. The Labute approximate surface area is 445 Å². The molecule has 0 aliphatic heterocycles. The molecule has 6 aromatic rings. The molecule has 0 atom stereocenters. The molecule has 2 nitrogen and oxygen atoms in total. The van der Waals surface area contributed by atoms with Gasteiger partial charge in [0, 0.05) is 5.56 Å². The standard InChI is InChI=1S/C69H86O2Si2/c1-17-52-24-30-58(31-25-52)67(70-72(18-2,19-3)20-4)48-50-68(51-49-67,71-73(21-5,22-6)23-7)59-32-26-53(27-33-59)54-28-34-60(35-29-54)69(61-42-36-55(37-43-61)64(8,9)10,62-44-38-56(39-45-62)65(11,12)13)63-46-40-57(41-47-63)66(14,15)16/h1,24-51H,18-23H2,2-16H3. The van der Waals surface area contributed by atoms with Gasteiger partial charge in [0.2, 0.25) is 0 Å². The van der Waals surface area contributed by atoms with Crippen LogP contribution >= 0.6 is 0 Å². The molecule has 4 heteroatoms. The van der Waals surface area contributed by atoms with Gasteiger partial charge in [0.15, 0.2) is 16.6 Å². The molecule has 1 aliphatic rings. The summed E-state index contributed by atoms with van der Waals surface area (Å²) >= 11 is 0. The maximum atomic E-state index is 7.67. The Bertz CT molecular complexity index is 2700. The smallest absolute Gasteiger partial charge is 0.194 e. The molecule has 0 unspecified atom stereocenters. The predicted octanol–water partition coefficient (Wildman–Crippen LogP) is 18.9. The zero-order chi connectivity index (χ0) is 53.1. The first-order chi connectivity index (χ1) is 34.5. The monoisotopic (exact) mass is 1000 g/mol. The highest BCUT2D eigenvalue weighted by Crippen LogP contribution is 2.49. The molecular weight excluding hydrogens is 917 g/mol. The van der Waals surface area contributed by atoms with E-state index in [0.29, 0.717) is 0 Å². The van der Waals surface area contributed by atoms with Crippen LogP contribution in [0.15, 0.2) is 170 Å². The van der Waals surface area contributed by atoms with Crippen molar-refractivity contribution in [1.82, 2.24) is 0 Å². The number of rotatable bonds is 17. The quantitative estimate of drug-likeness (QED) is 0.0392. The molecule has 0 saturated carbocycles. The Balaban J connectivity index is 1.36. The van der Waals surface area contributed by atoms with Gasteiger partial charge in [-0.2, -0.15) is 0 Å². The summed E-state index contributed by atoms with van der Waals surface area (Å²) in [4.78, 5) is 0. The summed E-state index contributed by atoms with van der Waals surface area (Å²) < 4.78 is 15.2. The Hall–Kier alpha value is -5.29. The number of hydrogen-bond donors (Lipinski definition) is 0. The fraction of sp³-hybridized carbons (Fsp3) is 0.391. The zero-order valence-electron chi connectivity index (χ0n) is 47.3. The first kappa shape index (κ1) is 55.5. The lowest BCUT2D eigenvalue weighted by atomic mass is 9.64. The topological polar surface area (TPSA) is 18.5 Å². The first-order valence-electron chi connectivity index (χ1n) is 27.5. The molecule has 6 aromatic carbocycles. The third-order valence-electron chi connectivity index (χ3n) is 16.8. The maximum Gasteiger partial charge on any atom is 0.194 e. The second kappa shape index (κ2) is 21.5. The molecule has 0 radical (unpaired) electrons. The highest BCUT2D eigenvalue weighted by molar-refractivity contribution is 6.74. The fourth-order valence-electron chi connectivity index (χ4n) is 11.2. The van der Waals surface area contributed by atoms with Gasteiger partial charge in [-0.15, -0.1) is 6.42 Å². The highest BCUT2D eigenvalue weighted by atomic mass is 28.4. The fourth-order valence-corrected chi connectivity index (χ4v) is 17.0. The summed E-state index contributed by atoms with van der Waals surface area (Å²) in [7, 11) is -4.24. The molecule has 7 rings (SSSR count). The second-order valence-corrected chi connectivity index (χ2v) is 33.4. The van der Waals surface area contributed by atoms with Gasteiger partial charge in [0.1, 0.15) is 11.2 Å². The van der Waals surface area contributed by atoms with Crippen LogP contribution in [0.25, 0.3) is 11.1 Å². The summed E-state index contributed by atoms with van der Waals surface area (Å²) in [5.41, 5.74) is 12.4. The van der Waals surface area contributed by atoms with Crippen molar-refractivity contribution in [2.24, 2.45) is 0 Å². The third kappa shape index (κ3) is 11.1. The van der Waals surface area contributed by atoms with Gasteiger partial charge in [-0.25, -0.2) is 0 Å². The van der Waals surface area contributed by atoms with E-state index in [1.807, 2.05) is 12.1 Å². The second-order valence-electron chi connectivity index (χ2n) is 24.1. The first-order valence-corrected chi connectivity index (χ1v) is 32.5. The minimum Gasteiger partial charge on any atom is -0.401 e. The molecule has 0 N–H and O–H groups in total. The summed E-state index contributed by atoms with van der Waals surface area (Å²) in [5.74, 6) is 2.81. The highest BCUT2D eigenvalue weighted by Gasteiger charge is 2.46. The average molecular weight is 1000 g/mol. The molecule has 1 aliphatic carbocycles. The van der Waals surface area contributed by atoms with Gasteiger partial charge in [-0.1, -0.05) is 243 Å². The van der Waals surface area contributed by atoms with Gasteiger partial charge < -0.3 is 8.85 Å². The van der Waals surface area contributed by atoms with E-state index in [1.54, 1.807) is 0 Å². The number of benzene rings is 6. The molecular formula is C69H86O2Si2. The van der Waals surface area contributed by atoms with Crippen molar-refractivity contribution in [3.63, 3.8) is 0 Å². The number of hydrogen-bond acceptors (Lipinski definition) is 2. The molecule has 0 aromatic heterocycles. The van der Waals surface area contributed by atoms with E-state index in [1.165, 1.54) is 50.1 Å². The van der Waals surface area contributed by atoms with Crippen molar-refractivity contribution < 1.29 is 8.85 Å². The lowest BCUT2D eigenvalue weighted by molar-refractivity contribution is 0.121. The summed E-state index contributed by atoms with van der Waals surface area (Å²) in [6, 6.07) is 61.6. The Morgan fingerprint density at radius 2 is 0.589 bits per heavy atom. The maximum absolute atomic E-state index is 7.67. The van der Waals surface area contributed by atoms with Crippen LogP contribution in [0.2, 0.25) is 36.3 Å². The Morgan fingerprint density at radius 1 is 0.356 bits per heavy atom. The number of terminal acetylenes is 1. The van der Waals surface area contributed by atoms with Crippen LogP contribution in [-0.2, 0) is 41.7 Å². The molecule has 0 saturated heterocycles. The van der Waals surface area contributed by atoms with E-state index < -0.39 is 33.3 Å².